The third-order valence-corrected chi connectivity index (χ3v) is 5.69. The van der Waals surface area contributed by atoms with E-state index < -0.39 is 0 Å². The predicted molar refractivity (Wildman–Crippen MR) is 114 cm³/mol. The molecule has 2 saturated heterocycles. The molecular formula is C21H34N6O2. The number of carbonyl (C=O) groups excluding carboxylic acids is 1. The van der Waals surface area contributed by atoms with E-state index in [1.54, 1.807) is 13.3 Å². The van der Waals surface area contributed by atoms with Crippen LogP contribution in [0.2, 0.25) is 0 Å². The number of rotatable bonds is 6. The van der Waals surface area contributed by atoms with Crippen molar-refractivity contribution in [3.8, 4) is 5.88 Å². The fourth-order valence-corrected chi connectivity index (χ4v) is 3.90. The number of guanidine groups is 1. The van der Waals surface area contributed by atoms with E-state index in [9.17, 15) is 4.79 Å². The minimum atomic E-state index is -0.0415. The van der Waals surface area contributed by atoms with E-state index in [0.717, 1.165) is 70.2 Å². The largest absolute Gasteiger partial charge is 0.481 e. The number of likely N-dealkylation sites (tertiary alicyclic amines) is 1. The second kappa shape index (κ2) is 10.4. The molecule has 1 aromatic heterocycles. The number of nitrogens with zero attached hydrogens (tertiary/aromatic N) is 5. The molecule has 0 radical (unpaired) electrons. The molecule has 2 aliphatic heterocycles. The first kappa shape index (κ1) is 21.4. The van der Waals surface area contributed by atoms with Gasteiger partial charge in [0.2, 0.25) is 11.8 Å². The average molecular weight is 403 g/mol. The zero-order valence-corrected chi connectivity index (χ0v) is 17.9. The molecule has 1 N–H and O–H groups in total. The number of methoxy groups -OCH3 is 1. The van der Waals surface area contributed by atoms with Gasteiger partial charge in [-0.15, -0.1) is 0 Å². The average Bonchev–Trinajstić information content (AvgIpc) is 3.31. The summed E-state index contributed by atoms with van der Waals surface area (Å²) < 4.78 is 5.11. The number of nitrogens with one attached hydrogen (secondary N) is 1. The van der Waals surface area contributed by atoms with Gasteiger partial charge >= 0.3 is 0 Å². The summed E-state index contributed by atoms with van der Waals surface area (Å²) in [5.74, 6) is 1.81. The molecule has 29 heavy (non-hydrogen) atoms. The zero-order chi connectivity index (χ0) is 20.6. The van der Waals surface area contributed by atoms with Crippen molar-refractivity contribution in [3.05, 3.63) is 23.9 Å². The molecule has 2 fully saturated rings. The van der Waals surface area contributed by atoms with Gasteiger partial charge in [0.15, 0.2) is 5.96 Å². The second-order valence-corrected chi connectivity index (χ2v) is 7.61. The summed E-state index contributed by atoms with van der Waals surface area (Å²) in [7, 11) is 1.61. The lowest BCUT2D eigenvalue weighted by molar-refractivity contribution is -0.135. The van der Waals surface area contributed by atoms with Crippen molar-refractivity contribution in [1.82, 2.24) is 25.0 Å². The Morgan fingerprint density at radius 3 is 2.48 bits per heavy atom. The standard InChI is InChI=1S/C21H34N6O2/c1-4-22-21(24-16-18-7-8-19(29-3)23-15-18)27-13-11-25(12-14-27)17(2)20(28)26-9-5-6-10-26/h7-8,15,17H,4-6,9-14,16H2,1-3H3,(H,22,24). The Morgan fingerprint density at radius 2 is 1.90 bits per heavy atom. The zero-order valence-electron chi connectivity index (χ0n) is 17.9. The maximum atomic E-state index is 12.7. The van der Waals surface area contributed by atoms with Crippen molar-refractivity contribution >= 4 is 11.9 Å². The highest BCUT2D eigenvalue weighted by molar-refractivity contribution is 5.82. The summed E-state index contributed by atoms with van der Waals surface area (Å²) in [5, 5.41) is 3.39. The van der Waals surface area contributed by atoms with E-state index in [-0.39, 0.29) is 11.9 Å². The van der Waals surface area contributed by atoms with Gasteiger partial charge in [0.1, 0.15) is 0 Å². The van der Waals surface area contributed by atoms with Crippen LogP contribution >= 0.6 is 0 Å². The Bertz CT molecular complexity index is 679. The van der Waals surface area contributed by atoms with Crippen molar-refractivity contribution in [2.45, 2.75) is 39.3 Å². The third kappa shape index (κ3) is 5.59. The van der Waals surface area contributed by atoms with Crippen molar-refractivity contribution in [3.63, 3.8) is 0 Å². The Balaban J connectivity index is 1.55. The van der Waals surface area contributed by atoms with E-state index in [1.165, 1.54) is 0 Å². The van der Waals surface area contributed by atoms with Crippen LogP contribution in [0.5, 0.6) is 5.88 Å². The minimum Gasteiger partial charge on any atom is -0.481 e. The van der Waals surface area contributed by atoms with Crippen LogP contribution in [0, 0.1) is 0 Å². The van der Waals surface area contributed by atoms with Crippen molar-refractivity contribution in [2.24, 2.45) is 4.99 Å². The SMILES string of the molecule is CCNC(=NCc1ccc(OC)nc1)N1CCN(C(C)C(=O)N2CCCC2)CC1. The molecule has 3 rings (SSSR count). The lowest BCUT2D eigenvalue weighted by atomic mass is 10.2. The van der Waals surface area contributed by atoms with Gasteiger partial charge in [-0.05, 0) is 32.3 Å². The van der Waals surface area contributed by atoms with Gasteiger partial charge in [0, 0.05) is 58.1 Å². The highest BCUT2D eigenvalue weighted by atomic mass is 16.5. The van der Waals surface area contributed by atoms with Gasteiger partial charge in [-0.25, -0.2) is 9.98 Å². The summed E-state index contributed by atoms with van der Waals surface area (Å²) in [6, 6.07) is 3.80. The van der Waals surface area contributed by atoms with E-state index in [1.807, 2.05) is 24.0 Å². The second-order valence-electron chi connectivity index (χ2n) is 7.61. The Morgan fingerprint density at radius 1 is 1.17 bits per heavy atom. The van der Waals surface area contributed by atoms with Crippen LogP contribution in [-0.4, -0.2) is 90.5 Å². The van der Waals surface area contributed by atoms with Crippen LogP contribution < -0.4 is 10.1 Å². The van der Waals surface area contributed by atoms with Crippen molar-refractivity contribution in [2.75, 3.05) is 52.9 Å². The molecule has 0 aromatic carbocycles. The van der Waals surface area contributed by atoms with Crippen LogP contribution in [0.25, 0.3) is 0 Å². The Hall–Kier alpha value is -2.35. The Labute approximate surface area is 173 Å². The van der Waals surface area contributed by atoms with Gasteiger partial charge in [0.05, 0.1) is 19.7 Å². The normalized spacial score (nSPS) is 19.3. The van der Waals surface area contributed by atoms with Gasteiger partial charge < -0.3 is 19.9 Å². The van der Waals surface area contributed by atoms with Crippen molar-refractivity contribution < 1.29 is 9.53 Å². The summed E-state index contributed by atoms with van der Waals surface area (Å²) in [6.45, 7) is 10.8. The van der Waals surface area contributed by atoms with E-state index in [2.05, 4.69) is 27.0 Å². The Kier molecular flexibility index (Phi) is 7.69. The molecular weight excluding hydrogens is 368 g/mol. The van der Waals surface area contributed by atoms with Crippen LogP contribution in [0.1, 0.15) is 32.3 Å². The smallest absolute Gasteiger partial charge is 0.239 e. The molecule has 1 aromatic rings. The van der Waals surface area contributed by atoms with E-state index in [0.29, 0.717) is 12.4 Å². The van der Waals surface area contributed by atoms with Gasteiger partial charge in [-0.2, -0.15) is 0 Å². The maximum Gasteiger partial charge on any atom is 0.239 e. The molecule has 1 amide bonds. The predicted octanol–water partition coefficient (Wildman–Crippen LogP) is 1.18. The first-order valence-corrected chi connectivity index (χ1v) is 10.7. The fourth-order valence-electron chi connectivity index (χ4n) is 3.90. The van der Waals surface area contributed by atoms with Crippen molar-refractivity contribution in [1.29, 1.82) is 0 Å². The number of aromatic nitrogens is 1. The van der Waals surface area contributed by atoms with Gasteiger partial charge in [-0.3, -0.25) is 9.69 Å². The molecule has 8 nitrogen and oxygen atoms in total. The number of amides is 1. The van der Waals surface area contributed by atoms with Gasteiger partial charge in [0.25, 0.3) is 0 Å². The summed E-state index contributed by atoms with van der Waals surface area (Å²) in [6.07, 6.45) is 4.08. The number of piperazine rings is 1. The maximum absolute atomic E-state index is 12.7. The molecule has 0 aliphatic carbocycles. The molecule has 1 unspecified atom stereocenters. The lowest BCUT2D eigenvalue weighted by Gasteiger charge is -2.39. The third-order valence-electron chi connectivity index (χ3n) is 5.69. The summed E-state index contributed by atoms with van der Waals surface area (Å²) >= 11 is 0. The van der Waals surface area contributed by atoms with Crippen LogP contribution in [0.4, 0.5) is 0 Å². The summed E-state index contributed by atoms with van der Waals surface area (Å²) in [5.41, 5.74) is 1.05. The van der Waals surface area contributed by atoms with Crippen LogP contribution in [0.3, 0.4) is 0 Å². The summed E-state index contributed by atoms with van der Waals surface area (Å²) in [4.78, 5) is 28.3. The first-order valence-electron chi connectivity index (χ1n) is 10.7. The van der Waals surface area contributed by atoms with Crippen LogP contribution in [0.15, 0.2) is 23.3 Å². The topological polar surface area (TPSA) is 73.3 Å². The lowest BCUT2D eigenvalue weighted by Crippen LogP contribution is -2.57. The molecule has 0 spiro atoms. The molecule has 1 atom stereocenters. The molecule has 160 valence electrons. The number of pyridine rings is 1. The van der Waals surface area contributed by atoms with E-state index in [4.69, 9.17) is 9.73 Å². The molecule has 2 aliphatic rings. The van der Waals surface area contributed by atoms with Gasteiger partial charge in [-0.1, -0.05) is 6.07 Å². The monoisotopic (exact) mass is 402 g/mol. The highest BCUT2D eigenvalue weighted by Crippen LogP contribution is 2.14. The molecule has 8 heteroatoms. The molecule has 0 saturated carbocycles. The minimum absolute atomic E-state index is 0.0415. The number of carbonyl (C=O) groups is 1. The number of aliphatic imine (C=N–C) groups is 1. The first-order chi connectivity index (χ1) is 14.1. The number of ether oxygens (including phenoxy) is 1. The van der Waals surface area contributed by atoms with E-state index >= 15 is 0 Å². The highest BCUT2D eigenvalue weighted by Gasteiger charge is 2.30. The molecule has 3 heterocycles. The molecule has 0 bridgehead atoms. The van der Waals surface area contributed by atoms with Crippen LogP contribution in [-0.2, 0) is 11.3 Å². The quantitative estimate of drug-likeness (QED) is 0.569. The number of hydrogen-bond acceptors (Lipinski definition) is 5. The number of hydrogen-bond donors (Lipinski definition) is 1. The fraction of sp³-hybridized carbons (Fsp3) is 0.667.